The number of hydrogen-bond acceptors (Lipinski definition) is 3. The van der Waals surface area contributed by atoms with Gasteiger partial charge in [0.15, 0.2) is 0 Å². The Morgan fingerprint density at radius 1 is 1.14 bits per heavy atom. The van der Waals surface area contributed by atoms with E-state index in [-0.39, 0.29) is 5.92 Å². The maximum Gasteiger partial charge on any atom is 0.138 e. The van der Waals surface area contributed by atoms with Crippen molar-refractivity contribution in [1.29, 1.82) is 0 Å². The van der Waals surface area contributed by atoms with Gasteiger partial charge in [0.25, 0.3) is 0 Å². The first-order valence-electron chi connectivity index (χ1n) is 7.55. The molecule has 2 aromatic rings. The highest BCUT2D eigenvalue weighted by Crippen LogP contribution is 2.32. The molecule has 1 aromatic carbocycles. The van der Waals surface area contributed by atoms with Crippen molar-refractivity contribution in [2.75, 3.05) is 11.4 Å². The predicted molar refractivity (Wildman–Crippen MR) is 87.5 cm³/mol. The van der Waals surface area contributed by atoms with Crippen molar-refractivity contribution >= 4 is 23.1 Å². The lowest BCUT2D eigenvalue weighted by molar-refractivity contribution is 0.742. The minimum absolute atomic E-state index is 0.268. The average molecular weight is 302 g/mol. The molecule has 0 unspecified atom stereocenters. The maximum atomic E-state index is 6.20. The fraction of sp³-hybridized carbons (Fsp3) is 0.412. The van der Waals surface area contributed by atoms with Gasteiger partial charge < -0.3 is 4.90 Å². The van der Waals surface area contributed by atoms with Crippen LogP contribution in [0.25, 0.3) is 0 Å². The van der Waals surface area contributed by atoms with Crippen molar-refractivity contribution in [2.45, 2.75) is 39.0 Å². The van der Waals surface area contributed by atoms with Gasteiger partial charge in [-0.3, -0.25) is 0 Å². The number of fused-ring (bicyclic) bond motifs is 1. The summed E-state index contributed by atoms with van der Waals surface area (Å²) in [5.41, 5.74) is 2.63. The zero-order chi connectivity index (χ0) is 14.8. The molecule has 0 atom stereocenters. The van der Waals surface area contributed by atoms with Gasteiger partial charge in [0, 0.05) is 24.2 Å². The summed E-state index contributed by atoms with van der Waals surface area (Å²) < 4.78 is 0. The summed E-state index contributed by atoms with van der Waals surface area (Å²) in [5.74, 6) is 1.98. The number of anilines is 2. The lowest BCUT2D eigenvalue weighted by Gasteiger charge is -2.24. The van der Waals surface area contributed by atoms with E-state index in [1.54, 1.807) is 0 Å². The summed E-state index contributed by atoms with van der Waals surface area (Å²) in [6, 6.07) is 10.4. The number of aryl methyl sites for hydroxylation is 1. The third-order valence-electron chi connectivity index (χ3n) is 3.85. The summed E-state index contributed by atoms with van der Waals surface area (Å²) >= 11 is 6.20. The van der Waals surface area contributed by atoms with E-state index in [1.165, 1.54) is 17.7 Å². The van der Waals surface area contributed by atoms with Crippen molar-refractivity contribution in [3.05, 3.63) is 46.9 Å². The first-order valence-corrected chi connectivity index (χ1v) is 7.93. The topological polar surface area (TPSA) is 29.0 Å². The predicted octanol–water partition coefficient (Wildman–Crippen LogP) is 4.73. The van der Waals surface area contributed by atoms with Crippen molar-refractivity contribution < 1.29 is 0 Å². The molecule has 0 amide bonds. The highest BCUT2D eigenvalue weighted by atomic mass is 35.5. The van der Waals surface area contributed by atoms with Gasteiger partial charge in [0.05, 0.1) is 0 Å². The number of aromatic nitrogens is 2. The maximum absolute atomic E-state index is 6.20. The Balaban J connectivity index is 2.07. The molecule has 0 spiro atoms. The van der Waals surface area contributed by atoms with Gasteiger partial charge in [-0.15, -0.1) is 0 Å². The summed E-state index contributed by atoms with van der Waals surface area (Å²) in [5, 5.41) is 0.519. The van der Waals surface area contributed by atoms with Crippen LogP contribution in [-0.4, -0.2) is 16.5 Å². The van der Waals surface area contributed by atoms with Crippen LogP contribution >= 0.6 is 11.6 Å². The van der Waals surface area contributed by atoms with Crippen molar-refractivity contribution in [1.82, 2.24) is 9.97 Å². The Bertz CT molecular complexity index is 640. The van der Waals surface area contributed by atoms with Crippen molar-refractivity contribution in [2.24, 2.45) is 0 Å². The lowest BCUT2D eigenvalue weighted by atomic mass is 10.1. The number of halogens is 1. The molecule has 1 aliphatic heterocycles. The minimum Gasteiger partial charge on any atom is -0.326 e. The molecule has 2 heterocycles. The van der Waals surface area contributed by atoms with Crippen LogP contribution < -0.4 is 4.90 Å². The second kappa shape index (κ2) is 6.02. The van der Waals surface area contributed by atoms with Gasteiger partial charge >= 0.3 is 0 Å². The van der Waals surface area contributed by atoms with E-state index in [1.807, 2.05) is 6.07 Å². The third-order valence-corrected chi connectivity index (χ3v) is 4.05. The van der Waals surface area contributed by atoms with Gasteiger partial charge in [0.2, 0.25) is 0 Å². The van der Waals surface area contributed by atoms with Crippen LogP contribution in [0.5, 0.6) is 0 Å². The van der Waals surface area contributed by atoms with E-state index in [0.717, 1.165) is 31.0 Å². The van der Waals surface area contributed by atoms with Gasteiger partial charge in [-0.2, -0.15) is 0 Å². The standard InChI is InChI=1S/C17H20ClN3/c1-12(2)17-19-15(18)11-16(20-17)21-10-6-5-8-13-7-3-4-9-14(13)21/h3-4,7,9,11-12H,5-6,8,10H2,1-2H3. The first kappa shape index (κ1) is 14.3. The second-order valence-electron chi connectivity index (χ2n) is 5.80. The van der Waals surface area contributed by atoms with Gasteiger partial charge in [-0.1, -0.05) is 43.6 Å². The van der Waals surface area contributed by atoms with Gasteiger partial charge in [-0.05, 0) is 30.9 Å². The number of benzene rings is 1. The van der Waals surface area contributed by atoms with Crippen LogP contribution in [0.3, 0.4) is 0 Å². The number of hydrogen-bond donors (Lipinski definition) is 0. The zero-order valence-corrected chi connectivity index (χ0v) is 13.3. The quantitative estimate of drug-likeness (QED) is 0.751. The molecule has 0 bridgehead atoms. The fourth-order valence-corrected chi connectivity index (χ4v) is 2.93. The SMILES string of the molecule is CC(C)c1nc(Cl)cc(N2CCCCc3ccccc32)n1. The van der Waals surface area contributed by atoms with Crippen LogP contribution in [0.2, 0.25) is 5.15 Å². The first-order chi connectivity index (χ1) is 10.1. The van der Waals surface area contributed by atoms with Crippen LogP contribution in [0.15, 0.2) is 30.3 Å². The average Bonchev–Trinajstić information content (AvgIpc) is 2.69. The molecule has 3 nitrogen and oxygen atoms in total. The Hall–Kier alpha value is -1.61. The van der Waals surface area contributed by atoms with Gasteiger partial charge in [-0.25, -0.2) is 9.97 Å². The van der Waals surface area contributed by atoms with E-state index >= 15 is 0 Å². The summed E-state index contributed by atoms with van der Waals surface area (Å²) in [7, 11) is 0. The monoisotopic (exact) mass is 301 g/mol. The van der Waals surface area contributed by atoms with Crippen molar-refractivity contribution in [3.63, 3.8) is 0 Å². The highest BCUT2D eigenvalue weighted by Gasteiger charge is 2.19. The molecule has 110 valence electrons. The van der Waals surface area contributed by atoms with E-state index in [2.05, 4.69) is 48.0 Å². The molecule has 3 rings (SSSR count). The molecule has 1 aromatic heterocycles. The number of nitrogens with zero attached hydrogens (tertiary/aromatic N) is 3. The van der Waals surface area contributed by atoms with E-state index in [0.29, 0.717) is 5.15 Å². The van der Waals surface area contributed by atoms with Gasteiger partial charge in [0.1, 0.15) is 16.8 Å². The smallest absolute Gasteiger partial charge is 0.138 e. The minimum atomic E-state index is 0.268. The molecular formula is C17H20ClN3. The van der Waals surface area contributed by atoms with Crippen LogP contribution in [-0.2, 0) is 6.42 Å². The van der Waals surface area contributed by atoms with Crippen LogP contribution in [0, 0.1) is 0 Å². The zero-order valence-electron chi connectivity index (χ0n) is 12.5. The lowest BCUT2D eigenvalue weighted by Crippen LogP contribution is -2.20. The Labute approximate surface area is 131 Å². The molecule has 0 radical (unpaired) electrons. The molecule has 21 heavy (non-hydrogen) atoms. The molecule has 1 aliphatic rings. The summed E-state index contributed by atoms with van der Waals surface area (Å²) in [6.07, 6.45) is 3.50. The van der Waals surface area contributed by atoms with Crippen molar-refractivity contribution in [3.8, 4) is 0 Å². The summed E-state index contributed by atoms with van der Waals surface area (Å²) in [6.45, 7) is 5.15. The molecular weight excluding hydrogens is 282 g/mol. The van der Waals surface area contributed by atoms with E-state index in [4.69, 9.17) is 16.6 Å². The van der Waals surface area contributed by atoms with E-state index in [9.17, 15) is 0 Å². The van der Waals surface area contributed by atoms with Crippen LogP contribution in [0.1, 0.15) is 44.0 Å². The Morgan fingerprint density at radius 2 is 1.95 bits per heavy atom. The van der Waals surface area contributed by atoms with E-state index < -0.39 is 0 Å². The highest BCUT2D eigenvalue weighted by molar-refractivity contribution is 6.29. The normalized spacial score (nSPS) is 15.0. The second-order valence-corrected chi connectivity index (χ2v) is 6.19. The fourth-order valence-electron chi connectivity index (χ4n) is 2.75. The Kier molecular flexibility index (Phi) is 4.11. The molecule has 0 aliphatic carbocycles. The molecule has 0 saturated carbocycles. The third kappa shape index (κ3) is 3.03. The van der Waals surface area contributed by atoms with Crippen LogP contribution in [0.4, 0.5) is 11.5 Å². The molecule has 0 saturated heterocycles. The largest absolute Gasteiger partial charge is 0.326 e. The molecule has 0 fully saturated rings. The molecule has 0 N–H and O–H groups in total. The summed E-state index contributed by atoms with van der Waals surface area (Å²) in [4.78, 5) is 11.3. The number of para-hydroxylation sites is 1. The number of rotatable bonds is 2. The Morgan fingerprint density at radius 3 is 2.76 bits per heavy atom. The molecule has 4 heteroatoms.